The van der Waals surface area contributed by atoms with Crippen molar-refractivity contribution < 1.29 is 22.4 Å². The number of carbonyl (C=O) groups excluding carboxylic acids is 1. The maximum Gasteiger partial charge on any atom is 0.416 e. The van der Waals surface area contributed by atoms with E-state index in [4.69, 9.17) is 0 Å². The van der Waals surface area contributed by atoms with E-state index in [9.17, 15) is 22.4 Å². The quantitative estimate of drug-likeness (QED) is 0.649. The maximum absolute atomic E-state index is 13.4. The minimum absolute atomic E-state index is 0.105. The largest absolute Gasteiger partial charge is 0.416 e. The van der Waals surface area contributed by atoms with Crippen LogP contribution >= 0.6 is 0 Å². The molecular formula is C12H7F4NO. The van der Waals surface area contributed by atoms with Gasteiger partial charge in [-0.05, 0) is 24.3 Å². The van der Waals surface area contributed by atoms with E-state index < -0.39 is 28.9 Å². The third-order valence-corrected chi connectivity index (χ3v) is 2.40. The Morgan fingerprint density at radius 3 is 2.44 bits per heavy atom. The highest BCUT2D eigenvalue weighted by molar-refractivity contribution is 6.09. The number of carbonyl (C=O) groups is 1. The van der Waals surface area contributed by atoms with Gasteiger partial charge in [0.25, 0.3) is 0 Å². The highest BCUT2D eigenvalue weighted by Crippen LogP contribution is 2.30. The first-order valence-corrected chi connectivity index (χ1v) is 4.94. The molecule has 18 heavy (non-hydrogen) atoms. The molecule has 0 aliphatic heterocycles. The number of hydrogen-bond donors (Lipinski definition) is 1. The van der Waals surface area contributed by atoms with E-state index >= 15 is 0 Å². The van der Waals surface area contributed by atoms with Crippen molar-refractivity contribution in [2.45, 2.75) is 6.18 Å². The van der Waals surface area contributed by atoms with Gasteiger partial charge in [0.05, 0.1) is 11.1 Å². The number of aromatic nitrogens is 1. The van der Waals surface area contributed by atoms with Gasteiger partial charge in [-0.3, -0.25) is 4.79 Å². The lowest BCUT2D eigenvalue weighted by atomic mass is 10.0. The molecule has 2 rings (SSSR count). The van der Waals surface area contributed by atoms with E-state index in [-0.39, 0.29) is 5.56 Å². The molecule has 0 spiro atoms. The van der Waals surface area contributed by atoms with Gasteiger partial charge in [0.1, 0.15) is 5.82 Å². The zero-order chi connectivity index (χ0) is 13.3. The molecule has 2 aromatic rings. The summed E-state index contributed by atoms with van der Waals surface area (Å²) in [5, 5.41) is 0. The van der Waals surface area contributed by atoms with Crippen LogP contribution in [0.25, 0.3) is 0 Å². The summed E-state index contributed by atoms with van der Waals surface area (Å²) in [5.41, 5.74) is -1.54. The molecule has 0 saturated heterocycles. The van der Waals surface area contributed by atoms with E-state index in [0.717, 1.165) is 0 Å². The number of halogens is 4. The van der Waals surface area contributed by atoms with Gasteiger partial charge in [0.2, 0.25) is 0 Å². The molecule has 0 amide bonds. The van der Waals surface area contributed by atoms with E-state index in [1.807, 2.05) is 0 Å². The molecule has 1 N–H and O–H groups in total. The molecule has 0 saturated carbocycles. The van der Waals surface area contributed by atoms with Crippen LogP contribution in [-0.2, 0) is 6.18 Å². The van der Waals surface area contributed by atoms with Gasteiger partial charge in [-0.1, -0.05) is 0 Å². The van der Waals surface area contributed by atoms with Crippen molar-refractivity contribution in [3.8, 4) is 0 Å². The van der Waals surface area contributed by atoms with Crippen molar-refractivity contribution in [3.05, 3.63) is 59.2 Å². The molecule has 1 heterocycles. The Balaban J connectivity index is 2.48. The van der Waals surface area contributed by atoms with Crippen molar-refractivity contribution >= 4 is 5.78 Å². The number of ketones is 1. The van der Waals surface area contributed by atoms with Crippen LogP contribution in [0, 0.1) is 5.82 Å². The zero-order valence-corrected chi connectivity index (χ0v) is 8.88. The minimum Gasteiger partial charge on any atom is -0.367 e. The predicted molar refractivity (Wildman–Crippen MR) is 55.6 cm³/mol. The highest BCUT2D eigenvalue weighted by atomic mass is 19.4. The van der Waals surface area contributed by atoms with Crippen LogP contribution in [0.5, 0.6) is 0 Å². The predicted octanol–water partition coefficient (Wildman–Crippen LogP) is 3.40. The summed E-state index contributed by atoms with van der Waals surface area (Å²) in [6.45, 7) is 0. The van der Waals surface area contributed by atoms with Crippen molar-refractivity contribution in [2.24, 2.45) is 0 Å². The molecule has 94 valence electrons. The number of benzene rings is 1. The van der Waals surface area contributed by atoms with Crippen LogP contribution in [0.1, 0.15) is 21.5 Å². The SMILES string of the molecule is O=C(c1cc[nH]c1)c1cc(C(F)(F)F)ccc1F. The van der Waals surface area contributed by atoms with Crippen LogP contribution in [0.15, 0.2) is 36.7 Å². The Bertz CT molecular complexity index is 572. The maximum atomic E-state index is 13.4. The average Bonchev–Trinajstić information content (AvgIpc) is 2.80. The van der Waals surface area contributed by atoms with Crippen molar-refractivity contribution in [3.63, 3.8) is 0 Å². The molecule has 0 unspecified atom stereocenters. The molecule has 0 radical (unpaired) electrons. The summed E-state index contributed by atoms with van der Waals surface area (Å²) in [7, 11) is 0. The Labute approximate surface area is 99.3 Å². The second kappa shape index (κ2) is 4.29. The van der Waals surface area contributed by atoms with Crippen molar-refractivity contribution in [2.75, 3.05) is 0 Å². The number of rotatable bonds is 2. The fraction of sp³-hybridized carbons (Fsp3) is 0.0833. The molecule has 0 aliphatic rings. The Kier molecular flexibility index (Phi) is 2.94. The zero-order valence-electron chi connectivity index (χ0n) is 8.88. The van der Waals surface area contributed by atoms with Crippen LogP contribution in [0.2, 0.25) is 0 Å². The first-order valence-electron chi connectivity index (χ1n) is 4.94. The number of nitrogens with one attached hydrogen (secondary N) is 1. The van der Waals surface area contributed by atoms with Crippen LogP contribution in [-0.4, -0.2) is 10.8 Å². The molecule has 6 heteroatoms. The second-order valence-electron chi connectivity index (χ2n) is 3.62. The molecule has 0 aliphatic carbocycles. The van der Waals surface area contributed by atoms with Gasteiger partial charge in [-0.25, -0.2) is 4.39 Å². The third-order valence-electron chi connectivity index (χ3n) is 2.40. The van der Waals surface area contributed by atoms with Crippen LogP contribution in [0.4, 0.5) is 17.6 Å². The fourth-order valence-corrected chi connectivity index (χ4v) is 1.50. The number of H-pyrrole nitrogens is 1. The number of aromatic amines is 1. The number of alkyl halides is 3. The molecular weight excluding hydrogens is 250 g/mol. The first-order chi connectivity index (χ1) is 8.39. The Hall–Kier alpha value is -2.11. The molecule has 0 fully saturated rings. The smallest absolute Gasteiger partial charge is 0.367 e. The average molecular weight is 257 g/mol. The summed E-state index contributed by atoms with van der Waals surface area (Å²) >= 11 is 0. The van der Waals surface area contributed by atoms with Gasteiger partial charge in [-0.2, -0.15) is 13.2 Å². The van der Waals surface area contributed by atoms with Crippen LogP contribution in [0.3, 0.4) is 0 Å². The molecule has 1 aromatic carbocycles. The number of hydrogen-bond acceptors (Lipinski definition) is 1. The van der Waals surface area contributed by atoms with E-state index in [1.165, 1.54) is 18.5 Å². The van der Waals surface area contributed by atoms with Crippen molar-refractivity contribution in [1.82, 2.24) is 4.98 Å². The lowest BCUT2D eigenvalue weighted by molar-refractivity contribution is -0.137. The summed E-state index contributed by atoms with van der Waals surface area (Å²) in [4.78, 5) is 14.4. The van der Waals surface area contributed by atoms with Gasteiger partial charge >= 0.3 is 6.18 Å². The Morgan fingerprint density at radius 2 is 1.89 bits per heavy atom. The normalized spacial score (nSPS) is 11.6. The standard InChI is InChI=1S/C12H7F4NO/c13-10-2-1-8(12(14,15)16)5-9(10)11(18)7-3-4-17-6-7/h1-6,17H. The minimum atomic E-state index is -4.61. The van der Waals surface area contributed by atoms with Gasteiger partial charge in [0, 0.05) is 18.0 Å². The van der Waals surface area contributed by atoms with Gasteiger partial charge in [0.15, 0.2) is 5.78 Å². The van der Waals surface area contributed by atoms with Crippen molar-refractivity contribution in [1.29, 1.82) is 0 Å². The van der Waals surface area contributed by atoms with E-state index in [1.54, 1.807) is 0 Å². The molecule has 1 aromatic heterocycles. The fourth-order valence-electron chi connectivity index (χ4n) is 1.50. The first kappa shape index (κ1) is 12.3. The van der Waals surface area contributed by atoms with Gasteiger partial charge in [-0.15, -0.1) is 0 Å². The highest BCUT2D eigenvalue weighted by Gasteiger charge is 2.32. The second-order valence-corrected chi connectivity index (χ2v) is 3.62. The summed E-state index contributed by atoms with van der Waals surface area (Å²) in [6.07, 6.45) is -1.89. The third kappa shape index (κ3) is 2.27. The Morgan fingerprint density at radius 1 is 1.17 bits per heavy atom. The monoisotopic (exact) mass is 257 g/mol. The molecule has 0 atom stereocenters. The summed E-state index contributed by atoms with van der Waals surface area (Å²) < 4.78 is 50.8. The van der Waals surface area contributed by atoms with Crippen LogP contribution < -0.4 is 0 Å². The lowest BCUT2D eigenvalue weighted by Crippen LogP contribution is -2.09. The molecule has 2 nitrogen and oxygen atoms in total. The molecule has 0 bridgehead atoms. The van der Waals surface area contributed by atoms with E-state index in [0.29, 0.717) is 18.2 Å². The summed E-state index contributed by atoms with van der Waals surface area (Å²) in [5.74, 6) is -1.77. The lowest BCUT2D eigenvalue weighted by Gasteiger charge is -2.08. The van der Waals surface area contributed by atoms with E-state index in [2.05, 4.69) is 4.98 Å². The topological polar surface area (TPSA) is 32.9 Å². The summed E-state index contributed by atoms with van der Waals surface area (Å²) in [6, 6.07) is 3.12. The van der Waals surface area contributed by atoms with Gasteiger partial charge < -0.3 is 4.98 Å².